The van der Waals surface area contributed by atoms with E-state index in [1.165, 1.54) is 85.5 Å². The molecular formula is C52H68N2O3S. The lowest BCUT2D eigenvalue weighted by Gasteiger charge is -2.28. The maximum absolute atomic E-state index is 12.8. The molecule has 6 heteroatoms. The molecule has 0 fully saturated rings. The van der Waals surface area contributed by atoms with E-state index in [0.29, 0.717) is 5.56 Å². The quantitative estimate of drug-likeness (QED) is 0.0383. The van der Waals surface area contributed by atoms with Crippen molar-refractivity contribution in [1.29, 1.82) is 0 Å². The van der Waals surface area contributed by atoms with Crippen LogP contribution in [0.5, 0.6) is 0 Å². The molecule has 5 rings (SSSR count). The Bertz CT molecular complexity index is 2080. The van der Waals surface area contributed by atoms with Crippen LogP contribution in [0.15, 0.2) is 120 Å². The zero-order chi connectivity index (χ0) is 41.3. The number of aryl methyl sites for hydroxylation is 3. The first kappa shape index (κ1) is 44.7. The summed E-state index contributed by atoms with van der Waals surface area (Å²) in [6, 6.07) is 40.0. The van der Waals surface area contributed by atoms with Gasteiger partial charge in [-0.25, -0.2) is 0 Å². The Balaban J connectivity index is 1.48. The third-order valence-corrected chi connectivity index (χ3v) is 12.4. The van der Waals surface area contributed by atoms with Gasteiger partial charge in [0.1, 0.15) is 0 Å². The number of nitrogens with zero attached hydrogens (tertiary/aromatic N) is 2. The fourth-order valence-electron chi connectivity index (χ4n) is 8.16. The van der Waals surface area contributed by atoms with Crippen LogP contribution in [0.3, 0.4) is 0 Å². The molecule has 1 N–H and O–H groups in total. The molecule has 1 unspecified atom stereocenters. The number of benzene rings is 5. The Hall–Kier alpha value is -4.39. The first-order valence-corrected chi connectivity index (χ1v) is 23.6. The topological polar surface area (TPSA) is 60.9 Å². The van der Waals surface area contributed by atoms with Gasteiger partial charge < -0.3 is 9.80 Å². The standard InChI is InChI=1S/C52H68N2O3S/c1-6-10-14-16-20-42-24-31-46(32-25-42)53(38-12-8-3)47-33-27-44(28-34-47)52(49-22-18-19-23-51(49)58(55,56)57)45-29-35-48(36-30-45)54(39-13-9-4)50-37-26-43(40-41(50)5)21-17-15-11-7-2/h18-19,22-37,40,52H,6-17,20-21,38-39H2,1-5H3,(H,55,56,57). The van der Waals surface area contributed by atoms with Crippen LogP contribution in [-0.2, 0) is 23.0 Å². The summed E-state index contributed by atoms with van der Waals surface area (Å²) in [4.78, 5) is 4.74. The number of hydrogen-bond acceptors (Lipinski definition) is 4. The number of rotatable bonds is 24. The Kier molecular flexibility index (Phi) is 17.5. The van der Waals surface area contributed by atoms with E-state index in [2.05, 4.69) is 135 Å². The van der Waals surface area contributed by atoms with E-state index in [4.69, 9.17) is 0 Å². The lowest BCUT2D eigenvalue weighted by Crippen LogP contribution is -2.19. The van der Waals surface area contributed by atoms with Gasteiger partial charge in [0.25, 0.3) is 10.1 Å². The van der Waals surface area contributed by atoms with Crippen molar-refractivity contribution < 1.29 is 13.0 Å². The summed E-state index contributed by atoms with van der Waals surface area (Å²) in [6.07, 6.45) is 16.6. The highest BCUT2D eigenvalue weighted by Gasteiger charge is 2.26. The number of unbranched alkanes of at least 4 members (excludes halogenated alkanes) is 8. The second kappa shape index (κ2) is 22.7. The van der Waals surface area contributed by atoms with Crippen molar-refractivity contribution >= 4 is 32.9 Å². The lowest BCUT2D eigenvalue weighted by molar-refractivity contribution is 0.482. The highest BCUT2D eigenvalue weighted by molar-refractivity contribution is 7.85. The summed E-state index contributed by atoms with van der Waals surface area (Å²) in [5, 5.41) is 0. The molecule has 5 aromatic rings. The molecule has 1 atom stereocenters. The molecule has 5 nitrogen and oxygen atoms in total. The van der Waals surface area contributed by atoms with Crippen molar-refractivity contribution in [2.75, 3.05) is 22.9 Å². The fraction of sp³-hybridized carbons (Fsp3) is 0.423. The van der Waals surface area contributed by atoms with Crippen LogP contribution in [-0.4, -0.2) is 26.1 Å². The van der Waals surface area contributed by atoms with Gasteiger partial charge in [0.2, 0.25) is 0 Å². The third kappa shape index (κ3) is 12.3. The van der Waals surface area contributed by atoms with Gasteiger partial charge in [0.05, 0.1) is 4.90 Å². The molecule has 0 saturated carbocycles. The Morgan fingerprint density at radius 2 is 0.983 bits per heavy atom. The van der Waals surface area contributed by atoms with Gasteiger partial charge in [-0.3, -0.25) is 4.55 Å². The molecule has 310 valence electrons. The number of hydrogen-bond donors (Lipinski definition) is 1. The molecular weight excluding hydrogens is 733 g/mol. The molecule has 0 radical (unpaired) electrons. The van der Waals surface area contributed by atoms with Crippen molar-refractivity contribution in [3.05, 3.63) is 149 Å². The van der Waals surface area contributed by atoms with Crippen LogP contribution in [0.1, 0.15) is 144 Å². The van der Waals surface area contributed by atoms with Gasteiger partial charge in [-0.05, 0) is 127 Å². The predicted molar refractivity (Wildman–Crippen MR) is 247 cm³/mol. The highest BCUT2D eigenvalue weighted by atomic mass is 32.2. The average molecular weight is 801 g/mol. The largest absolute Gasteiger partial charge is 0.341 e. The maximum Gasteiger partial charge on any atom is 0.294 e. The zero-order valence-corrected chi connectivity index (χ0v) is 36.7. The third-order valence-electron chi connectivity index (χ3n) is 11.5. The van der Waals surface area contributed by atoms with Crippen LogP contribution in [0, 0.1) is 6.92 Å². The molecule has 0 heterocycles. The van der Waals surface area contributed by atoms with E-state index in [1.54, 1.807) is 6.07 Å². The monoisotopic (exact) mass is 800 g/mol. The molecule has 58 heavy (non-hydrogen) atoms. The van der Waals surface area contributed by atoms with Crippen molar-refractivity contribution in [2.24, 2.45) is 0 Å². The molecule has 0 amide bonds. The van der Waals surface area contributed by atoms with Crippen LogP contribution in [0.2, 0.25) is 0 Å². The van der Waals surface area contributed by atoms with E-state index in [-0.39, 0.29) is 4.90 Å². The Labute approximate surface area is 351 Å². The van der Waals surface area contributed by atoms with Gasteiger partial charge in [-0.2, -0.15) is 8.42 Å². The predicted octanol–water partition coefficient (Wildman–Crippen LogP) is 14.5. The minimum absolute atomic E-state index is 0.0671. The molecule has 0 aliphatic rings. The van der Waals surface area contributed by atoms with E-state index >= 15 is 0 Å². The van der Waals surface area contributed by atoms with Crippen molar-refractivity contribution in [3.63, 3.8) is 0 Å². The summed E-state index contributed by atoms with van der Waals surface area (Å²) >= 11 is 0. The molecule has 0 spiro atoms. The minimum Gasteiger partial charge on any atom is -0.341 e. The van der Waals surface area contributed by atoms with Crippen LogP contribution in [0.25, 0.3) is 0 Å². The minimum atomic E-state index is -4.48. The van der Waals surface area contributed by atoms with Gasteiger partial charge in [-0.15, -0.1) is 0 Å². The van der Waals surface area contributed by atoms with Gasteiger partial charge in [-0.1, -0.05) is 146 Å². The maximum atomic E-state index is 12.8. The Morgan fingerprint density at radius 3 is 1.50 bits per heavy atom. The fourth-order valence-corrected chi connectivity index (χ4v) is 8.89. The molecule has 0 aliphatic carbocycles. The van der Waals surface area contributed by atoms with Crippen LogP contribution in [0.4, 0.5) is 22.7 Å². The molecule has 0 aliphatic heterocycles. The average Bonchev–Trinajstić information content (AvgIpc) is 3.23. The molecule has 0 aromatic heterocycles. The molecule has 0 saturated heterocycles. The second-order valence-electron chi connectivity index (χ2n) is 16.0. The smallest absolute Gasteiger partial charge is 0.294 e. The van der Waals surface area contributed by atoms with Gasteiger partial charge >= 0.3 is 0 Å². The number of anilines is 4. The second-order valence-corrected chi connectivity index (χ2v) is 17.4. The summed E-state index contributed by atoms with van der Waals surface area (Å²) in [5.41, 5.74) is 11.1. The summed E-state index contributed by atoms with van der Waals surface area (Å²) < 4.78 is 36.1. The van der Waals surface area contributed by atoms with E-state index in [1.807, 2.05) is 12.1 Å². The van der Waals surface area contributed by atoms with Crippen LogP contribution < -0.4 is 9.80 Å². The molecule has 0 bridgehead atoms. The van der Waals surface area contributed by atoms with Crippen LogP contribution >= 0.6 is 0 Å². The lowest BCUT2D eigenvalue weighted by atomic mass is 9.85. The first-order valence-electron chi connectivity index (χ1n) is 22.2. The first-order chi connectivity index (χ1) is 28.2. The summed E-state index contributed by atoms with van der Waals surface area (Å²) in [7, 11) is -4.48. The zero-order valence-electron chi connectivity index (χ0n) is 35.9. The van der Waals surface area contributed by atoms with Crippen molar-refractivity contribution in [3.8, 4) is 0 Å². The summed E-state index contributed by atoms with van der Waals surface area (Å²) in [5.74, 6) is -0.421. The van der Waals surface area contributed by atoms with Crippen molar-refractivity contribution in [2.45, 2.75) is 135 Å². The van der Waals surface area contributed by atoms with E-state index in [9.17, 15) is 13.0 Å². The summed E-state index contributed by atoms with van der Waals surface area (Å²) in [6.45, 7) is 13.0. The van der Waals surface area contributed by atoms with Gasteiger partial charge in [0, 0.05) is 41.8 Å². The Morgan fingerprint density at radius 1 is 0.517 bits per heavy atom. The van der Waals surface area contributed by atoms with Gasteiger partial charge in [0.15, 0.2) is 0 Å². The van der Waals surface area contributed by atoms with Crippen molar-refractivity contribution in [1.82, 2.24) is 0 Å². The highest BCUT2D eigenvalue weighted by Crippen LogP contribution is 2.39. The van der Waals surface area contributed by atoms with E-state index in [0.717, 1.165) is 74.1 Å². The SMILES string of the molecule is CCCCCCc1ccc(N(CCCC)c2ccc(C(c3ccc(N(CCCC)c4ccc(CCCCCC)cc4C)cc3)c3ccccc3S(=O)(=O)O)cc2)cc1. The van der Waals surface area contributed by atoms with E-state index < -0.39 is 16.0 Å². The normalized spacial score (nSPS) is 12.1. The molecule has 5 aromatic carbocycles.